The third-order valence-electron chi connectivity index (χ3n) is 4.12. The molecule has 1 amide bonds. The highest BCUT2D eigenvalue weighted by atomic mass is 32.1. The number of hydrogen-bond acceptors (Lipinski definition) is 5. The largest absolute Gasteiger partial charge is 0.496 e. The molecule has 24 heavy (non-hydrogen) atoms. The Kier molecular flexibility index (Phi) is 6.34. The molecule has 1 N–H and O–H groups in total. The zero-order valence-electron chi connectivity index (χ0n) is 14.9. The fourth-order valence-corrected chi connectivity index (χ4v) is 3.50. The summed E-state index contributed by atoms with van der Waals surface area (Å²) in [6.07, 6.45) is 0.878. The van der Waals surface area contributed by atoms with E-state index in [9.17, 15) is 4.79 Å². The normalized spacial score (nSPS) is 12.2. The van der Waals surface area contributed by atoms with E-state index < -0.39 is 0 Å². The summed E-state index contributed by atoms with van der Waals surface area (Å²) in [6.45, 7) is 6.45. The Labute approximate surface area is 147 Å². The van der Waals surface area contributed by atoms with Crippen LogP contribution in [0.1, 0.15) is 36.0 Å². The third kappa shape index (κ3) is 4.33. The van der Waals surface area contributed by atoms with Crippen LogP contribution in [-0.2, 0) is 11.2 Å². The Balaban J connectivity index is 2.00. The SMILES string of the molecule is CCc1nc(NC(=O)CN(C)[C@@H](C)c2ccccc2OC)sc1C. The maximum atomic E-state index is 12.3. The summed E-state index contributed by atoms with van der Waals surface area (Å²) in [5, 5.41) is 3.57. The van der Waals surface area contributed by atoms with Crippen molar-refractivity contribution < 1.29 is 9.53 Å². The molecular weight excluding hydrogens is 322 g/mol. The van der Waals surface area contributed by atoms with Crippen LogP contribution in [0.25, 0.3) is 0 Å². The number of hydrogen-bond donors (Lipinski definition) is 1. The fourth-order valence-electron chi connectivity index (χ4n) is 2.58. The highest BCUT2D eigenvalue weighted by Gasteiger charge is 2.18. The van der Waals surface area contributed by atoms with E-state index in [0.717, 1.165) is 28.3 Å². The van der Waals surface area contributed by atoms with Gasteiger partial charge in [-0.25, -0.2) is 4.98 Å². The van der Waals surface area contributed by atoms with Crippen molar-refractivity contribution in [3.63, 3.8) is 0 Å². The summed E-state index contributed by atoms with van der Waals surface area (Å²) in [4.78, 5) is 19.9. The van der Waals surface area contributed by atoms with Crippen molar-refractivity contribution in [3.8, 4) is 5.75 Å². The van der Waals surface area contributed by atoms with Gasteiger partial charge in [0.2, 0.25) is 5.91 Å². The molecule has 1 aromatic heterocycles. The second-order valence-corrected chi connectivity index (χ2v) is 6.96. The molecular formula is C18H25N3O2S. The number of amides is 1. The highest BCUT2D eigenvalue weighted by molar-refractivity contribution is 7.15. The zero-order valence-corrected chi connectivity index (χ0v) is 15.7. The van der Waals surface area contributed by atoms with Crippen LogP contribution < -0.4 is 10.1 Å². The number of carbonyl (C=O) groups is 1. The predicted molar refractivity (Wildman–Crippen MR) is 98.9 cm³/mol. The number of methoxy groups -OCH3 is 1. The number of aryl methyl sites for hydroxylation is 2. The van der Waals surface area contributed by atoms with Gasteiger partial charge in [0.1, 0.15) is 5.75 Å². The first kappa shape index (κ1) is 18.4. The van der Waals surface area contributed by atoms with Crippen LogP contribution >= 0.6 is 11.3 Å². The molecule has 0 radical (unpaired) electrons. The van der Waals surface area contributed by atoms with E-state index >= 15 is 0 Å². The van der Waals surface area contributed by atoms with Gasteiger partial charge in [0.25, 0.3) is 0 Å². The van der Waals surface area contributed by atoms with Crippen molar-refractivity contribution in [1.29, 1.82) is 0 Å². The second kappa shape index (κ2) is 8.26. The van der Waals surface area contributed by atoms with Gasteiger partial charge in [-0.05, 0) is 33.4 Å². The number of benzene rings is 1. The van der Waals surface area contributed by atoms with E-state index in [1.54, 1.807) is 7.11 Å². The van der Waals surface area contributed by atoms with Crippen molar-refractivity contribution in [3.05, 3.63) is 40.4 Å². The van der Waals surface area contributed by atoms with Crippen molar-refractivity contribution in [2.45, 2.75) is 33.2 Å². The maximum Gasteiger partial charge on any atom is 0.240 e. The van der Waals surface area contributed by atoms with Crippen LogP contribution in [-0.4, -0.2) is 36.5 Å². The molecule has 2 rings (SSSR count). The Hall–Kier alpha value is -1.92. The predicted octanol–water partition coefficient (Wildman–Crippen LogP) is 3.65. The van der Waals surface area contributed by atoms with Crippen LogP contribution in [0.3, 0.4) is 0 Å². The number of para-hydroxylation sites is 1. The minimum Gasteiger partial charge on any atom is -0.496 e. The van der Waals surface area contributed by atoms with E-state index in [-0.39, 0.29) is 11.9 Å². The molecule has 130 valence electrons. The molecule has 0 bridgehead atoms. The molecule has 0 aliphatic rings. The lowest BCUT2D eigenvalue weighted by atomic mass is 10.1. The average Bonchev–Trinajstić information content (AvgIpc) is 2.93. The molecule has 1 atom stereocenters. The van der Waals surface area contributed by atoms with Crippen molar-refractivity contribution in [2.24, 2.45) is 0 Å². The van der Waals surface area contributed by atoms with Gasteiger partial charge in [0, 0.05) is 16.5 Å². The van der Waals surface area contributed by atoms with Crippen LogP contribution in [0.15, 0.2) is 24.3 Å². The molecule has 0 aliphatic heterocycles. The standard InChI is InChI=1S/C18H25N3O2S/c1-6-15-13(3)24-18(19-15)20-17(22)11-21(4)12(2)14-9-7-8-10-16(14)23-5/h7-10,12H,6,11H2,1-5H3,(H,19,20,22)/t12-/m0/s1. The van der Waals surface area contributed by atoms with Gasteiger partial charge in [-0.15, -0.1) is 11.3 Å². The first-order valence-electron chi connectivity index (χ1n) is 8.05. The molecule has 1 aromatic carbocycles. The lowest BCUT2D eigenvalue weighted by Gasteiger charge is -2.25. The quantitative estimate of drug-likeness (QED) is 0.830. The van der Waals surface area contributed by atoms with Crippen LogP contribution in [0.4, 0.5) is 5.13 Å². The fraction of sp³-hybridized carbons (Fsp3) is 0.444. The minimum atomic E-state index is -0.0596. The summed E-state index contributed by atoms with van der Waals surface area (Å²) >= 11 is 1.52. The molecule has 0 saturated heterocycles. The number of carbonyl (C=O) groups excluding carboxylic acids is 1. The lowest BCUT2D eigenvalue weighted by molar-refractivity contribution is -0.117. The van der Waals surface area contributed by atoms with Crippen molar-refractivity contribution in [2.75, 3.05) is 26.0 Å². The molecule has 2 aromatic rings. The molecule has 1 heterocycles. The first-order valence-corrected chi connectivity index (χ1v) is 8.87. The smallest absolute Gasteiger partial charge is 0.240 e. The van der Waals surface area contributed by atoms with Crippen molar-refractivity contribution in [1.82, 2.24) is 9.88 Å². The number of anilines is 1. The van der Waals surface area contributed by atoms with Crippen molar-refractivity contribution >= 4 is 22.4 Å². The van der Waals surface area contributed by atoms with Gasteiger partial charge in [-0.3, -0.25) is 9.69 Å². The molecule has 0 unspecified atom stereocenters. The number of rotatable bonds is 7. The average molecular weight is 347 g/mol. The van der Waals surface area contributed by atoms with Crippen LogP contribution in [0, 0.1) is 6.92 Å². The monoisotopic (exact) mass is 347 g/mol. The molecule has 5 nitrogen and oxygen atoms in total. The molecule has 0 aliphatic carbocycles. The zero-order chi connectivity index (χ0) is 17.7. The number of ether oxygens (including phenoxy) is 1. The molecule has 0 spiro atoms. The first-order chi connectivity index (χ1) is 11.5. The van der Waals surface area contributed by atoms with Gasteiger partial charge >= 0.3 is 0 Å². The Bertz CT molecular complexity index is 699. The van der Waals surface area contributed by atoms with E-state index in [1.165, 1.54) is 11.3 Å². The van der Waals surface area contributed by atoms with Gasteiger partial charge in [0.15, 0.2) is 5.13 Å². The topological polar surface area (TPSA) is 54.5 Å². The number of thiazole rings is 1. The van der Waals surface area contributed by atoms with E-state index in [2.05, 4.69) is 24.1 Å². The minimum absolute atomic E-state index is 0.0596. The van der Waals surface area contributed by atoms with Crippen LogP contribution in [0.5, 0.6) is 5.75 Å². The number of nitrogens with zero attached hydrogens (tertiary/aromatic N) is 2. The number of nitrogens with one attached hydrogen (secondary N) is 1. The molecule has 0 saturated carbocycles. The molecule has 0 fully saturated rings. The van der Waals surface area contributed by atoms with E-state index in [0.29, 0.717) is 11.7 Å². The summed E-state index contributed by atoms with van der Waals surface area (Å²) in [7, 11) is 3.59. The molecule has 6 heteroatoms. The highest BCUT2D eigenvalue weighted by Crippen LogP contribution is 2.28. The van der Waals surface area contributed by atoms with E-state index in [4.69, 9.17) is 4.74 Å². The van der Waals surface area contributed by atoms with Gasteiger partial charge < -0.3 is 10.1 Å². The number of aromatic nitrogens is 1. The lowest BCUT2D eigenvalue weighted by Crippen LogP contribution is -2.32. The summed E-state index contributed by atoms with van der Waals surface area (Å²) in [6, 6.07) is 7.95. The van der Waals surface area contributed by atoms with Gasteiger partial charge in [-0.1, -0.05) is 25.1 Å². The Morgan fingerprint density at radius 2 is 2.12 bits per heavy atom. The Morgan fingerprint density at radius 1 is 1.42 bits per heavy atom. The maximum absolute atomic E-state index is 12.3. The van der Waals surface area contributed by atoms with Gasteiger partial charge in [0.05, 0.1) is 19.3 Å². The Morgan fingerprint density at radius 3 is 2.75 bits per heavy atom. The second-order valence-electron chi connectivity index (χ2n) is 5.76. The summed E-state index contributed by atoms with van der Waals surface area (Å²) in [5.41, 5.74) is 2.11. The third-order valence-corrected chi connectivity index (χ3v) is 5.05. The summed E-state index contributed by atoms with van der Waals surface area (Å²) in [5.74, 6) is 0.774. The van der Waals surface area contributed by atoms with E-state index in [1.807, 2.05) is 43.1 Å². The summed E-state index contributed by atoms with van der Waals surface area (Å²) < 4.78 is 5.41. The van der Waals surface area contributed by atoms with Crippen LogP contribution in [0.2, 0.25) is 0 Å². The number of likely N-dealkylation sites (N-methyl/N-ethyl adjacent to an activating group) is 1. The van der Waals surface area contributed by atoms with Gasteiger partial charge in [-0.2, -0.15) is 0 Å².